The van der Waals surface area contributed by atoms with Crippen LogP contribution in [-0.4, -0.2) is 17.6 Å². The number of aromatic nitrogens is 1. The largest absolute Gasteiger partial charge is 0.497 e. The first-order valence-electron chi connectivity index (χ1n) is 5.07. The Balaban J connectivity index is 2.69. The van der Waals surface area contributed by atoms with Gasteiger partial charge in [0.15, 0.2) is 5.43 Å². The molecule has 0 bridgehead atoms. The zero-order valence-corrected chi connectivity index (χ0v) is 9.34. The van der Waals surface area contributed by atoms with Crippen LogP contribution in [0.25, 0.3) is 10.9 Å². The van der Waals surface area contributed by atoms with Crippen LogP contribution in [0.3, 0.4) is 0 Å². The molecular formula is C12H12N2O3. The second kappa shape index (κ2) is 4.29. The summed E-state index contributed by atoms with van der Waals surface area (Å²) in [5.74, 6) is 0.150. The number of nitrogens with zero attached hydrogens (tertiary/aromatic N) is 1. The third kappa shape index (κ3) is 2.13. The van der Waals surface area contributed by atoms with E-state index in [0.717, 1.165) is 0 Å². The lowest BCUT2D eigenvalue weighted by atomic mass is 10.2. The van der Waals surface area contributed by atoms with E-state index < -0.39 is 5.91 Å². The van der Waals surface area contributed by atoms with Crippen LogP contribution in [0.4, 0.5) is 0 Å². The van der Waals surface area contributed by atoms with Crippen molar-refractivity contribution >= 4 is 16.8 Å². The molecular weight excluding hydrogens is 220 g/mol. The van der Waals surface area contributed by atoms with Gasteiger partial charge < -0.3 is 15.0 Å². The van der Waals surface area contributed by atoms with Gasteiger partial charge in [0.1, 0.15) is 12.3 Å². The molecule has 1 amide bonds. The van der Waals surface area contributed by atoms with E-state index in [2.05, 4.69) is 0 Å². The second-order valence-corrected chi connectivity index (χ2v) is 3.66. The van der Waals surface area contributed by atoms with Crippen molar-refractivity contribution in [2.75, 3.05) is 7.11 Å². The summed E-state index contributed by atoms with van der Waals surface area (Å²) in [7, 11) is 1.53. The number of methoxy groups -OCH3 is 1. The van der Waals surface area contributed by atoms with Crippen LogP contribution in [0.5, 0.6) is 5.75 Å². The van der Waals surface area contributed by atoms with E-state index in [0.29, 0.717) is 16.7 Å². The second-order valence-electron chi connectivity index (χ2n) is 3.66. The SMILES string of the molecule is COc1ccc2c(c1)c(=O)ccn2CC(N)=O. The molecule has 1 heterocycles. The monoisotopic (exact) mass is 232 g/mol. The summed E-state index contributed by atoms with van der Waals surface area (Å²) in [6.45, 7) is 0.0448. The Kier molecular flexibility index (Phi) is 2.82. The van der Waals surface area contributed by atoms with Crippen molar-refractivity contribution in [3.05, 3.63) is 40.7 Å². The molecule has 5 heteroatoms. The van der Waals surface area contributed by atoms with Gasteiger partial charge in [0, 0.05) is 17.6 Å². The maximum Gasteiger partial charge on any atom is 0.237 e. The molecule has 1 aromatic carbocycles. The van der Waals surface area contributed by atoms with Gasteiger partial charge in [-0.2, -0.15) is 0 Å². The lowest BCUT2D eigenvalue weighted by molar-refractivity contribution is -0.118. The first-order chi connectivity index (χ1) is 8.11. The molecule has 1 aromatic heterocycles. The molecule has 0 aliphatic rings. The summed E-state index contributed by atoms with van der Waals surface area (Å²) in [5.41, 5.74) is 5.70. The van der Waals surface area contributed by atoms with Crippen LogP contribution >= 0.6 is 0 Å². The number of rotatable bonds is 3. The fraction of sp³-hybridized carbons (Fsp3) is 0.167. The molecule has 2 rings (SSSR count). The molecule has 0 atom stereocenters. The molecule has 0 saturated carbocycles. The number of ether oxygens (including phenoxy) is 1. The predicted octanol–water partition coefficient (Wildman–Crippen LogP) is 0.495. The molecule has 0 fully saturated rings. The van der Waals surface area contributed by atoms with Crippen LogP contribution in [0, 0.1) is 0 Å². The first kappa shape index (κ1) is 11.2. The van der Waals surface area contributed by atoms with E-state index in [1.165, 1.54) is 13.2 Å². The lowest BCUT2D eigenvalue weighted by Crippen LogP contribution is -2.20. The summed E-state index contributed by atoms with van der Waals surface area (Å²) >= 11 is 0. The van der Waals surface area contributed by atoms with E-state index >= 15 is 0 Å². The van der Waals surface area contributed by atoms with Gasteiger partial charge in [0.25, 0.3) is 0 Å². The van der Waals surface area contributed by atoms with Crippen molar-refractivity contribution < 1.29 is 9.53 Å². The van der Waals surface area contributed by atoms with E-state index in [-0.39, 0.29) is 12.0 Å². The molecule has 88 valence electrons. The van der Waals surface area contributed by atoms with Crippen molar-refractivity contribution in [3.8, 4) is 5.75 Å². The topological polar surface area (TPSA) is 74.3 Å². The van der Waals surface area contributed by atoms with Crippen molar-refractivity contribution in [1.82, 2.24) is 4.57 Å². The highest BCUT2D eigenvalue weighted by atomic mass is 16.5. The third-order valence-corrected chi connectivity index (χ3v) is 2.51. The maximum absolute atomic E-state index is 11.7. The maximum atomic E-state index is 11.7. The fourth-order valence-corrected chi connectivity index (χ4v) is 1.72. The highest BCUT2D eigenvalue weighted by Gasteiger charge is 2.05. The molecule has 2 aromatic rings. The number of hydrogen-bond acceptors (Lipinski definition) is 3. The van der Waals surface area contributed by atoms with Crippen molar-refractivity contribution in [2.45, 2.75) is 6.54 Å². The lowest BCUT2D eigenvalue weighted by Gasteiger charge is -2.09. The number of benzene rings is 1. The van der Waals surface area contributed by atoms with Gasteiger partial charge >= 0.3 is 0 Å². The van der Waals surface area contributed by atoms with E-state index in [1.54, 1.807) is 29.0 Å². The molecule has 5 nitrogen and oxygen atoms in total. The number of carbonyl (C=O) groups is 1. The minimum atomic E-state index is -0.453. The van der Waals surface area contributed by atoms with Gasteiger partial charge in [-0.1, -0.05) is 0 Å². The Morgan fingerprint density at radius 3 is 2.82 bits per heavy atom. The summed E-state index contributed by atoms with van der Waals surface area (Å²) in [6.07, 6.45) is 1.56. The van der Waals surface area contributed by atoms with Crippen molar-refractivity contribution in [2.24, 2.45) is 5.73 Å². The number of amides is 1. The average Bonchev–Trinajstić information content (AvgIpc) is 2.32. The molecule has 2 N–H and O–H groups in total. The minimum Gasteiger partial charge on any atom is -0.497 e. The molecule has 0 radical (unpaired) electrons. The van der Waals surface area contributed by atoms with Gasteiger partial charge in [-0.25, -0.2) is 0 Å². The Morgan fingerprint density at radius 1 is 1.41 bits per heavy atom. The molecule has 0 spiro atoms. The van der Waals surface area contributed by atoms with Crippen LogP contribution in [0.15, 0.2) is 35.3 Å². The molecule has 0 unspecified atom stereocenters. The summed E-state index contributed by atoms with van der Waals surface area (Å²) in [6, 6.07) is 6.53. The molecule has 0 aliphatic carbocycles. The summed E-state index contributed by atoms with van der Waals surface area (Å²) in [5, 5.41) is 0.508. The molecule has 0 aliphatic heterocycles. The summed E-state index contributed by atoms with van der Waals surface area (Å²) < 4.78 is 6.70. The highest BCUT2D eigenvalue weighted by molar-refractivity contribution is 5.82. The number of fused-ring (bicyclic) bond motifs is 1. The number of carbonyl (C=O) groups excluding carboxylic acids is 1. The standard InChI is InChI=1S/C12H12N2O3/c1-17-8-2-3-10-9(6-8)11(15)4-5-14(10)7-12(13)16/h2-6H,7H2,1H3,(H2,13,16). The van der Waals surface area contributed by atoms with Crippen LogP contribution in [0.2, 0.25) is 0 Å². The number of pyridine rings is 1. The van der Waals surface area contributed by atoms with Gasteiger partial charge in [-0.3, -0.25) is 9.59 Å². The Labute approximate surface area is 97.4 Å². The van der Waals surface area contributed by atoms with E-state index in [4.69, 9.17) is 10.5 Å². The van der Waals surface area contributed by atoms with Crippen molar-refractivity contribution in [3.63, 3.8) is 0 Å². The number of primary amides is 1. The van der Waals surface area contributed by atoms with Crippen LogP contribution in [0.1, 0.15) is 0 Å². The quantitative estimate of drug-likeness (QED) is 0.837. The number of nitrogens with two attached hydrogens (primary N) is 1. The van der Waals surface area contributed by atoms with Crippen LogP contribution in [-0.2, 0) is 11.3 Å². The normalized spacial score (nSPS) is 10.4. The van der Waals surface area contributed by atoms with E-state index in [9.17, 15) is 9.59 Å². The Morgan fingerprint density at radius 2 is 2.18 bits per heavy atom. The number of hydrogen-bond donors (Lipinski definition) is 1. The van der Waals surface area contributed by atoms with E-state index in [1.807, 2.05) is 0 Å². The highest BCUT2D eigenvalue weighted by Crippen LogP contribution is 2.17. The third-order valence-electron chi connectivity index (χ3n) is 2.51. The first-order valence-corrected chi connectivity index (χ1v) is 5.07. The van der Waals surface area contributed by atoms with Gasteiger partial charge in [0.05, 0.1) is 12.6 Å². The minimum absolute atomic E-state index is 0.0448. The smallest absolute Gasteiger partial charge is 0.237 e. The van der Waals surface area contributed by atoms with Gasteiger partial charge in [-0.15, -0.1) is 0 Å². The zero-order chi connectivity index (χ0) is 12.4. The fourth-order valence-electron chi connectivity index (χ4n) is 1.72. The molecule has 0 saturated heterocycles. The van der Waals surface area contributed by atoms with Crippen LogP contribution < -0.4 is 15.9 Å². The zero-order valence-electron chi connectivity index (χ0n) is 9.34. The Hall–Kier alpha value is -2.30. The van der Waals surface area contributed by atoms with Crippen molar-refractivity contribution in [1.29, 1.82) is 0 Å². The Bertz CT molecular complexity index is 631. The predicted molar refractivity (Wildman–Crippen MR) is 64.0 cm³/mol. The molecule has 17 heavy (non-hydrogen) atoms. The average molecular weight is 232 g/mol. The van der Waals surface area contributed by atoms with Gasteiger partial charge in [0.2, 0.25) is 5.91 Å². The summed E-state index contributed by atoms with van der Waals surface area (Å²) in [4.78, 5) is 22.6. The van der Waals surface area contributed by atoms with Gasteiger partial charge in [-0.05, 0) is 18.2 Å².